The third-order valence-electron chi connectivity index (χ3n) is 5.32. The Bertz CT molecular complexity index is 929. The van der Waals surface area contributed by atoms with Crippen molar-refractivity contribution < 1.29 is 4.74 Å². The van der Waals surface area contributed by atoms with Crippen LogP contribution in [0.25, 0.3) is 11.0 Å². The summed E-state index contributed by atoms with van der Waals surface area (Å²) in [6, 6.07) is 8.70. The first-order chi connectivity index (χ1) is 12.9. The molecule has 1 aliphatic carbocycles. The highest BCUT2D eigenvalue weighted by atomic mass is 16.5. The number of hydrogen-bond donors (Lipinski definition) is 3. The Balaban J connectivity index is 1.47. The van der Waals surface area contributed by atoms with Crippen molar-refractivity contribution in [1.82, 2.24) is 15.0 Å². The molecule has 3 N–H and O–H groups in total. The molecule has 1 saturated carbocycles. The topological polar surface area (TPSA) is 74.9 Å². The average Bonchev–Trinajstić information content (AvgIpc) is 3.32. The lowest BCUT2D eigenvalue weighted by molar-refractivity contribution is 0.358. The van der Waals surface area contributed by atoms with E-state index in [0.717, 1.165) is 41.3 Å². The van der Waals surface area contributed by atoms with E-state index in [1.54, 1.807) is 0 Å². The maximum atomic E-state index is 5.78. The second-order valence-electron chi connectivity index (χ2n) is 7.13. The summed E-state index contributed by atoms with van der Waals surface area (Å²) in [5.41, 5.74) is 3.00. The van der Waals surface area contributed by atoms with Crippen LogP contribution in [-0.4, -0.2) is 27.6 Å². The van der Waals surface area contributed by atoms with E-state index >= 15 is 0 Å². The third kappa shape index (κ3) is 2.85. The minimum absolute atomic E-state index is 0.494. The molecule has 0 radical (unpaired) electrons. The van der Waals surface area contributed by atoms with Gasteiger partial charge in [-0.25, -0.2) is 0 Å². The number of aromatic nitrogens is 3. The van der Waals surface area contributed by atoms with E-state index in [1.807, 2.05) is 24.4 Å². The van der Waals surface area contributed by atoms with E-state index < -0.39 is 0 Å². The number of anilines is 3. The zero-order chi connectivity index (χ0) is 17.3. The fraction of sp³-hybridized carbons (Fsp3) is 0.400. The van der Waals surface area contributed by atoms with Gasteiger partial charge in [0.05, 0.1) is 17.7 Å². The van der Waals surface area contributed by atoms with Gasteiger partial charge in [-0.3, -0.25) is 0 Å². The van der Waals surface area contributed by atoms with Crippen molar-refractivity contribution in [3.63, 3.8) is 0 Å². The third-order valence-corrected chi connectivity index (χ3v) is 5.32. The molecule has 0 amide bonds. The molecule has 0 saturated heterocycles. The Kier molecular flexibility index (Phi) is 3.88. The quantitative estimate of drug-likeness (QED) is 0.652. The second-order valence-corrected chi connectivity index (χ2v) is 7.13. The van der Waals surface area contributed by atoms with Crippen LogP contribution in [0.5, 0.6) is 5.75 Å². The number of ether oxygens (including phenoxy) is 1. The Morgan fingerprint density at radius 2 is 2.00 bits per heavy atom. The number of aromatic amines is 1. The van der Waals surface area contributed by atoms with Crippen molar-refractivity contribution in [1.29, 1.82) is 0 Å². The lowest BCUT2D eigenvalue weighted by Gasteiger charge is -2.23. The zero-order valence-electron chi connectivity index (χ0n) is 14.7. The van der Waals surface area contributed by atoms with Crippen molar-refractivity contribution in [3.05, 3.63) is 36.0 Å². The highest BCUT2D eigenvalue weighted by Crippen LogP contribution is 2.35. The van der Waals surface area contributed by atoms with E-state index in [9.17, 15) is 0 Å². The molecule has 26 heavy (non-hydrogen) atoms. The minimum Gasteiger partial charge on any atom is -0.491 e. The molecule has 0 bridgehead atoms. The van der Waals surface area contributed by atoms with Crippen LogP contribution in [-0.2, 0) is 6.42 Å². The van der Waals surface area contributed by atoms with Crippen molar-refractivity contribution in [2.45, 2.75) is 44.6 Å². The average molecular weight is 349 g/mol. The molecule has 134 valence electrons. The molecule has 6 nitrogen and oxygen atoms in total. The lowest BCUT2D eigenvalue weighted by atomic mass is 9.95. The highest BCUT2D eigenvalue weighted by Gasteiger charge is 2.19. The van der Waals surface area contributed by atoms with Gasteiger partial charge in [-0.1, -0.05) is 31.4 Å². The Morgan fingerprint density at radius 1 is 1.08 bits per heavy atom. The Morgan fingerprint density at radius 3 is 2.92 bits per heavy atom. The van der Waals surface area contributed by atoms with Crippen LogP contribution in [0.2, 0.25) is 0 Å². The van der Waals surface area contributed by atoms with Crippen molar-refractivity contribution in [3.8, 4) is 5.75 Å². The van der Waals surface area contributed by atoms with E-state index in [1.165, 1.54) is 37.7 Å². The number of rotatable bonds is 4. The van der Waals surface area contributed by atoms with Gasteiger partial charge in [-0.2, -0.15) is 9.97 Å². The molecule has 2 aliphatic rings. The number of hydrogen-bond acceptors (Lipinski definition) is 5. The van der Waals surface area contributed by atoms with Gasteiger partial charge in [0.1, 0.15) is 17.2 Å². The summed E-state index contributed by atoms with van der Waals surface area (Å²) >= 11 is 0. The number of nitrogens with one attached hydrogen (secondary N) is 3. The molecule has 0 unspecified atom stereocenters. The van der Waals surface area contributed by atoms with Crippen LogP contribution >= 0.6 is 0 Å². The minimum atomic E-state index is 0.494. The predicted molar refractivity (Wildman–Crippen MR) is 103 cm³/mol. The molecule has 3 aromatic rings. The van der Waals surface area contributed by atoms with E-state index in [-0.39, 0.29) is 0 Å². The zero-order valence-corrected chi connectivity index (χ0v) is 14.7. The smallest absolute Gasteiger partial charge is 0.231 e. The van der Waals surface area contributed by atoms with Gasteiger partial charge < -0.3 is 20.4 Å². The molecular weight excluding hydrogens is 326 g/mol. The first-order valence-electron chi connectivity index (χ1n) is 9.50. The largest absolute Gasteiger partial charge is 0.491 e. The van der Waals surface area contributed by atoms with Gasteiger partial charge in [0.15, 0.2) is 0 Å². The predicted octanol–water partition coefficient (Wildman–Crippen LogP) is 4.38. The summed E-state index contributed by atoms with van der Waals surface area (Å²) < 4.78 is 5.78. The fourth-order valence-corrected chi connectivity index (χ4v) is 3.98. The van der Waals surface area contributed by atoms with E-state index in [0.29, 0.717) is 12.0 Å². The number of benzene rings is 1. The van der Waals surface area contributed by atoms with Gasteiger partial charge in [0.25, 0.3) is 0 Å². The molecule has 2 aromatic heterocycles. The standard InChI is InChI=1S/C20H23N5O/c1-2-6-14(7-3-1)22-19-15-9-11-21-18(15)24-20(25-19)23-16-8-4-5-13-10-12-26-17(13)16/h4-5,8-9,11,14H,1-3,6-7,10,12H2,(H3,21,22,23,24,25). The lowest BCUT2D eigenvalue weighted by Crippen LogP contribution is -2.23. The van der Waals surface area contributed by atoms with Crippen LogP contribution in [0.4, 0.5) is 17.5 Å². The van der Waals surface area contributed by atoms with Crippen LogP contribution in [0, 0.1) is 0 Å². The van der Waals surface area contributed by atoms with Crippen LogP contribution in [0.15, 0.2) is 30.5 Å². The molecule has 1 aromatic carbocycles. The van der Waals surface area contributed by atoms with Crippen LogP contribution in [0.3, 0.4) is 0 Å². The van der Waals surface area contributed by atoms with E-state index in [2.05, 4.69) is 26.7 Å². The molecule has 3 heterocycles. The first kappa shape index (κ1) is 15.5. The van der Waals surface area contributed by atoms with Gasteiger partial charge in [-0.15, -0.1) is 0 Å². The summed E-state index contributed by atoms with van der Waals surface area (Å²) in [5.74, 6) is 2.41. The number of para-hydroxylation sites is 1. The SMILES string of the molecule is c1cc2c(c(Nc3nc(NC4CCCCC4)c4cc[nH]c4n3)c1)OCC2. The van der Waals surface area contributed by atoms with Gasteiger partial charge in [-0.05, 0) is 30.5 Å². The highest BCUT2D eigenvalue weighted by molar-refractivity contribution is 5.88. The Hall–Kier alpha value is -2.76. The number of fused-ring (bicyclic) bond motifs is 2. The fourth-order valence-electron chi connectivity index (χ4n) is 3.98. The normalized spacial score (nSPS) is 17.1. The van der Waals surface area contributed by atoms with Crippen molar-refractivity contribution in [2.75, 3.05) is 17.2 Å². The van der Waals surface area contributed by atoms with Crippen molar-refractivity contribution in [2.24, 2.45) is 0 Å². The molecule has 0 atom stereocenters. The molecular formula is C20H23N5O. The van der Waals surface area contributed by atoms with Crippen LogP contribution < -0.4 is 15.4 Å². The van der Waals surface area contributed by atoms with Gasteiger partial charge >= 0.3 is 0 Å². The second kappa shape index (κ2) is 6.52. The summed E-state index contributed by atoms with van der Waals surface area (Å²) in [6.45, 7) is 0.735. The summed E-state index contributed by atoms with van der Waals surface area (Å²) in [7, 11) is 0. The summed E-state index contributed by atoms with van der Waals surface area (Å²) in [5, 5.41) is 8.04. The number of H-pyrrole nitrogens is 1. The van der Waals surface area contributed by atoms with E-state index in [4.69, 9.17) is 9.72 Å². The van der Waals surface area contributed by atoms with Gasteiger partial charge in [0, 0.05) is 18.7 Å². The first-order valence-corrected chi connectivity index (χ1v) is 9.50. The maximum absolute atomic E-state index is 5.78. The van der Waals surface area contributed by atoms with Crippen LogP contribution in [0.1, 0.15) is 37.7 Å². The Labute approximate surface area is 152 Å². The summed E-state index contributed by atoms with van der Waals surface area (Å²) in [6.07, 6.45) is 9.20. The monoisotopic (exact) mass is 349 g/mol. The molecule has 0 spiro atoms. The molecule has 1 aliphatic heterocycles. The van der Waals surface area contributed by atoms with Gasteiger partial charge in [0.2, 0.25) is 5.95 Å². The molecule has 5 rings (SSSR count). The summed E-state index contributed by atoms with van der Waals surface area (Å²) in [4.78, 5) is 12.6. The molecule has 6 heteroatoms. The maximum Gasteiger partial charge on any atom is 0.231 e. The molecule has 1 fully saturated rings. The van der Waals surface area contributed by atoms with Crippen molar-refractivity contribution >= 4 is 28.5 Å². The number of nitrogens with zero attached hydrogens (tertiary/aromatic N) is 2.